The fraction of sp³-hybridized carbons (Fsp3) is 0.500. The number of carbonyl (C=O) groups is 2. The van der Waals surface area contributed by atoms with Crippen LogP contribution >= 0.6 is 0 Å². The molecule has 0 aliphatic carbocycles. The molecular weight excluding hydrogens is 354 g/mol. The predicted octanol–water partition coefficient (Wildman–Crippen LogP) is 3.07. The van der Waals surface area contributed by atoms with Gasteiger partial charge in [-0.25, -0.2) is 0 Å². The van der Waals surface area contributed by atoms with Crippen molar-refractivity contribution >= 4 is 11.8 Å². The van der Waals surface area contributed by atoms with Crippen molar-refractivity contribution < 1.29 is 14.1 Å². The van der Waals surface area contributed by atoms with Crippen LogP contribution in [0.5, 0.6) is 0 Å². The number of benzene rings is 1. The maximum atomic E-state index is 12.6. The zero-order valence-electron chi connectivity index (χ0n) is 16.4. The summed E-state index contributed by atoms with van der Waals surface area (Å²) in [6, 6.07) is 12.1. The Hall–Kier alpha value is -2.63. The van der Waals surface area contributed by atoms with Crippen molar-refractivity contribution in [3.8, 4) is 0 Å². The lowest BCUT2D eigenvalue weighted by Gasteiger charge is -2.38. The van der Waals surface area contributed by atoms with E-state index in [-0.39, 0.29) is 17.2 Å². The lowest BCUT2D eigenvalue weighted by atomic mass is 9.77. The third kappa shape index (κ3) is 3.96. The Morgan fingerprint density at radius 2 is 1.96 bits per heavy atom. The quantitative estimate of drug-likeness (QED) is 0.798. The molecule has 2 aromatic rings. The largest absolute Gasteiger partial charge is 0.361 e. The number of nitrogens with zero attached hydrogens (tertiary/aromatic N) is 3. The smallest absolute Gasteiger partial charge is 0.276 e. The summed E-state index contributed by atoms with van der Waals surface area (Å²) in [6.45, 7) is 4.78. The number of carbonyl (C=O) groups excluding carboxylic acids is 2. The number of aromatic nitrogens is 1. The second-order valence-corrected chi connectivity index (χ2v) is 8.20. The Kier molecular flexibility index (Phi) is 5.20. The molecule has 148 valence electrons. The summed E-state index contributed by atoms with van der Waals surface area (Å²) in [5.74, 6) is 0.833. The molecular formula is C22H27N3O3. The van der Waals surface area contributed by atoms with Crippen LogP contribution < -0.4 is 0 Å². The summed E-state index contributed by atoms with van der Waals surface area (Å²) in [5, 5.41) is 3.83. The minimum atomic E-state index is -0.0734. The first-order valence-corrected chi connectivity index (χ1v) is 10.1. The zero-order chi connectivity index (χ0) is 19.6. The Balaban J connectivity index is 1.28. The van der Waals surface area contributed by atoms with Crippen LogP contribution in [-0.4, -0.2) is 52.9 Å². The topological polar surface area (TPSA) is 66.7 Å². The molecule has 0 unspecified atom stereocenters. The van der Waals surface area contributed by atoms with Gasteiger partial charge in [-0.2, -0.15) is 0 Å². The first-order valence-electron chi connectivity index (χ1n) is 10.1. The van der Waals surface area contributed by atoms with Crippen LogP contribution in [0, 0.1) is 12.3 Å². The second-order valence-electron chi connectivity index (χ2n) is 8.20. The molecule has 2 fully saturated rings. The first-order chi connectivity index (χ1) is 13.5. The Morgan fingerprint density at radius 1 is 1.21 bits per heavy atom. The van der Waals surface area contributed by atoms with Crippen molar-refractivity contribution in [2.24, 2.45) is 5.41 Å². The van der Waals surface area contributed by atoms with E-state index in [1.165, 1.54) is 5.56 Å². The van der Waals surface area contributed by atoms with Gasteiger partial charge in [-0.1, -0.05) is 35.5 Å². The van der Waals surface area contributed by atoms with Gasteiger partial charge in [0, 0.05) is 44.1 Å². The molecule has 3 heterocycles. The van der Waals surface area contributed by atoms with Crippen molar-refractivity contribution in [1.82, 2.24) is 15.0 Å². The van der Waals surface area contributed by atoms with E-state index in [1.807, 2.05) is 15.9 Å². The van der Waals surface area contributed by atoms with Crippen LogP contribution in [0.4, 0.5) is 0 Å². The molecule has 1 spiro atoms. The minimum Gasteiger partial charge on any atom is -0.361 e. The lowest BCUT2D eigenvalue weighted by molar-refractivity contribution is -0.127. The standard InChI is InChI=1S/C22H27N3O3/c1-17-14-19(23-28-17)21(27)24-12-9-22(10-13-24)15-20(26)25(16-22)11-5-8-18-6-3-2-4-7-18/h2-4,6-7,14H,5,8-13,15-16H2,1H3. The Labute approximate surface area is 165 Å². The average molecular weight is 381 g/mol. The van der Waals surface area contributed by atoms with Gasteiger partial charge in [0.1, 0.15) is 5.76 Å². The number of hydrogen-bond donors (Lipinski definition) is 0. The molecule has 2 aliphatic heterocycles. The van der Waals surface area contributed by atoms with E-state index in [2.05, 4.69) is 29.4 Å². The number of rotatable bonds is 5. The van der Waals surface area contributed by atoms with Gasteiger partial charge in [-0.05, 0) is 38.2 Å². The maximum absolute atomic E-state index is 12.6. The number of amides is 2. The molecule has 4 rings (SSSR count). The molecule has 0 saturated carbocycles. The van der Waals surface area contributed by atoms with Gasteiger partial charge in [0.2, 0.25) is 5.91 Å². The molecule has 2 saturated heterocycles. The fourth-order valence-corrected chi connectivity index (χ4v) is 4.45. The number of piperidine rings is 1. The molecule has 0 N–H and O–H groups in total. The van der Waals surface area contributed by atoms with Gasteiger partial charge in [0.05, 0.1) is 0 Å². The highest BCUT2D eigenvalue weighted by molar-refractivity contribution is 5.92. The third-order valence-corrected chi connectivity index (χ3v) is 6.10. The van der Waals surface area contributed by atoms with Gasteiger partial charge in [-0.15, -0.1) is 0 Å². The van der Waals surface area contributed by atoms with Gasteiger partial charge in [0.25, 0.3) is 5.91 Å². The monoisotopic (exact) mass is 381 g/mol. The minimum absolute atomic E-state index is 0.0281. The highest BCUT2D eigenvalue weighted by atomic mass is 16.5. The lowest BCUT2D eigenvalue weighted by Crippen LogP contribution is -2.44. The summed E-state index contributed by atoms with van der Waals surface area (Å²) < 4.78 is 5.02. The fourth-order valence-electron chi connectivity index (χ4n) is 4.45. The summed E-state index contributed by atoms with van der Waals surface area (Å²) in [5.41, 5.74) is 1.72. The summed E-state index contributed by atoms with van der Waals surface area (Å²) in [7, 11) is 0. The predicted molar refractivity (Wildman–Crippen MR) is 105 cm³/mol. The van der Waals surface area contributed by atoms with E-state index in [9.17, 15) is 9.59 Å². The maximum Gasteiger partial charge on any atom is 0.276 e. The normalized spacial score (nSPS) is 18.8. The van der Waals surface area contributed by atoms with Crippen LogP contribution in [-0.2, 0) is 11.2 Å². The van der Waals surface area contributed by atoms with Crippen LogP contribution in [0.25, 0.3) is 0 Å². The molecule has 2 aliphatic rings. The highest BCUT2D eigenvalue weighted by Gasteiger charge is 2.45. The Bertz CT molecular complexity index is 838. The van der Waals surface area contributed by atoms with E-state index in [0.717, 1.165) is 38.8 Å². The van der Waals surface area contributed by atoms with Crippen molar-refractivity contribution in [3.63, 3.8) is 0 Å². The third-order valence-electron chi connectivity index (χ3n) is 6.10. The van der Waals surface area contributed by atoms with Gasteiger partial charge in [-0.3, -0.25) is 9.59 Å². The van der Waals surface area contributed by atoms with Gasteiger partial charge < -0.3 is 14.3 Å². The van der Waals surface area contributed by atoms with Crippen LogP contribution in [0.2, 0.25) is 0 Å². The summed E-state index contributed by atoms with van der Waals surface area (Å²) in [6.07, 6.45) is 4.34. The number of hydrogen-bond acceptors (Lipinski definition) is 4. The van der Waals surface area contributed by atoms with Gasteiger partial charge in [0.15, 0.2) is 5.69 Å². The molecule has 1 aromatic heterocycles. The summed E-state index contributed by atoms with van der Waals surface area (Å²) >= 11 is 0. The highest BCUT2D eigenvalue weighted by Crippen LogP contribution is 2.41. The number of likely N-dealkylation sites (tertiary alicyclic amines) is 2. The Morgan fingerprint density at radius 3 is 2.64 bits per heavy atom. The number of aryl methyl sites for hydroxylation is 2. The van der Waals surface area contributed by atoms with E-state index in [1.54, 1.807) is 13.0 Å². The van der Waals surface area contributed by atoms with E-state index < -0.39 is 0 Å². The second kappa shape index (κ2) is 7.78. The van der Waals surface area contributed by atoms with Crippen LogP contribution in [0.3, 0.4) is 0 Å². The molecule has 1 aromatic carbocycles. The molecule has 6 nitrogen and oxygen atoms in total. The SMILES string of the molecule is Cc1cc(C(=O)N2CCC3(CC2)CC(=O)N(CCCc2ccccc2)C3)no1. The van der Waals surface area contributed by atoms with Crippen molar-refractivity contribution in [2.45, 2.75) is 39.0 Å². The first kappa shape index (κ1) is 18.7. The molecule has 0 bridgehead atoms. The average Bonchev–Trinajstić information content (AvgIpc) is 3.26. The molecule has 28 heavy (non-hydrogen) atoms. The summed E-state index contributed by atoms with van der Waals surface area (Å²) in [4.78, 5) is 29.0. The molecule has 6 heteroatoms. The van der Waals surface area contributed by atoms with Crippen molar-refractivity contribution in [3.05, 3.63) is 53.4 Å². The van der Waals surface area contributed by atoms with Crippen molar-refractivity contribution in [2.75, 3.05) is 26.2 Å². The van der Waals surface area contributed by atoms with Gasteiger partial charge >= 0.3 is 0 Å². The van der Waals surface area contributed by atoms with Crippen LogP contribution in [0.1, 0.15) is 47.5 Å². The van der Waals surface area contributed by atoms with Crippen LogP contribution in [0.15, 0.2) is 40.9 Å². The van der Waals surface area contributed by atoms with E-state index >= 15 is 0 Å². The zero-order valence-corrected chi connectivity index (χ0v) is 16.4. The molecule has 2 amide bonds. The van der Waals surface area contributed by atoms with Crippen molar-refractivity contribution in [1.29, 1.82) is 0 Å². The molecule has 0 atom stereocenters. The van der Waals surface area contributed by atoms with E-state index in [4.69, 9.17) is 4.52 Å². The van der Waals surface area contributed by atoms with E-state index in [0.29, 0.717) is 31.0 Å². The molecule has 0 radical (unpaired) electrons.